The first-order valence-corrected chi connectivity index (χ1v) is 7.34. The second kappa shape index (κ2) is 6.97. The van der Waals surface area contributed by atoms with Gasteiger partial charge in [-0.25, -0.2) is 4.68 Å². The number of rotatable bonds is 6. The largest absolute Gasteiger partial charge is 0.467 e. The van der Waals surface area contributed by atoms with Gasteiger partial charge in [0.1, 0.15) is 11.9 Å². The van der Waals surface area contributed by atoms with Gasteiger partial charge >= 0.3 is 0 Å². The standard InChI is InChI=1S/C16H14N4O5/c21-14(15-2-1-7-25-15)9-17-16(22)11-8-18-19(10-11)12-3-5-13(6-4-12)20(23)24/h1-8,10,14,21H,9H2,(H,17,22). The van der Waals surface area contributed by atoms with Crippen molar-refractivity contribution < 1.29 is 19.2 Å². The average molecular weight is 342 g/mol. The monoisotopic (exact) mass is 342 g/mol. The minimum Gasteiger partial charge on any atom is -0.467 e. The lowest BCUT2D eigenvalue weighted by atomic mass is 10.2. The summed E-state index contributed by atoms with van der Waals surface area (Å²) in [4.78, 5) is 22.3. The maximum atomic E-state index is 12.1. The number of aromatic nitrogens is 2. The predicted molar refractivity (Wildman–Crippen MR) is 86.2 cm³/mol. The minimum atomic E-state index is -0.941. The first-order chi connectivity index (χ1) is 12.0. The molecule has 25 heavy (non-hydrogen) atoms. The van der Waals surface area contributed by atoms with Gasteiger partial charge in [0.2, 0.25) is 0 Å². The number of amides is 1. The summed E-state index contributed by atoms with van der Waals surface area (Å²) in [6, 6.07) is 9.05. The van der Waals surface area contributed by atoms with Gasteiger partial charge in [0.25, 0.3) is 11.6 Å². The van der Waals surface area contributed by atoms with E-state index in [-0.39, 0.29) is 12.2 Å². The second-order valence-corrected chi connectivity index (χ2v) is 5.19. The zero-order valence-corrected chi connectivity index (χ0v) is 12.9. The molecule has 0 aliphatic carbocycles. The molecule has 2 aromatic heterocycles. The SMILES string of the molecule is O=C(NCC(O)c1ccco1)c1cnn(-c2ccc([N+](=O)[O-])cc2)c1. The van der Waals surface area contributed by atoms with E-state index in [0.717, 1.165) is 0 Å². The first kappa shape index (κ1) is 16.4. The van der Waals surface area contributed by atoms with E-state index in [2.05, 4.69) is 10.4 Å². The van der Waals surface area contributed by atoms with Crippen LogP contribution in [0.4, 0.5) is 5.69 Å². The molecule has 1 unspecified atom stereocenters. The van der Waals surface area contributed by atoms with Gasteiger partial charge < -0.3 is 14.8 Å². The number of carbonyl (C=O) groups is 1. The number of non-ortho nitro benzene ring substituents is 1. The Balaban J connectivity index is 1.64. The molecule has 0 saturated heterocycles. The van der Waals surface area contributed by atoms with E-state index in [1.807, 2.05) is 0 Å². The summed E-state index contributed by atoms with van der Waals surface area (Å²) in [5.74, 6) is -0.0411. The van der Waals surface area contributed by atoms with E-state index in [1.54, 1.807) is 12.1 Å². The van der Waals surface area contributed by atoms with Crippen molar-refractivity contribution in [2.75, 3.05) is 6.54 Å². The molecule has 0 aliphatic rings. The van der Waals surface area contributed by atoms with E-state index < -0.39 is 16.9 Å². The topological polar surface area (TPSA) is 123 Å². The Morgan fingerprint density at radius 2 is 2.12 bits per heavy atom. The van der Waals surface area contributed by atoms with Gasteiger partial charge in [0.15, 0.2) is 0 Å². The van der Waals surface area contributed by atoms with Crippen LogP contribution >= 0.6 is 0 Å². The van der Waals surface area contributed by atoms with Crippen LogP contribution < -0.4 is 5.32 Å². The molecular weight excluding hydrogens is 328 g/mol. The van der Waals surface area contributed by atoms with Gasteiger partial charge in [-0.05, 0) is 24.3 Å². The van der Waals surface area contributed by atoms with Crippen LogP contribution in [-0.4, -0.2) is 32.3 Å². The van der Waals surface area contributed by atoms with Crippen molar-refractivity contribution in [3.05, 3.63) is 76.5 Å². The molecule has 0 spiro atoms. The maximum absolute atomic E-state index is 12.1. The zero-order valence-electron chi connectivity index (χ0n) is 12.9. The maximum Gasteiger partial charge on any atom is 0.269 e. The highest BCUT2D eigenvalue weighted by Gasteiger charge is 2.14. The molecule has 3 aromatic rings. The van der Waals surface area contributed by atoms with Gasteiger partial charge in [-0.1, -0.05) is 0 Å². The number of nitro groups is 1. The minimum absolute atomic E-state index is 0.00490. The molecule has 128 valence electrons. The predicted octanol–water partition coefficient (Wildman–Crippen LogP) is 1.84. The molecular formula is C16H14N4O5. The summed E-state index contributed by atoms with van der Waals surface area (Å²) < 4.78 is 6.49. The van der Waals surface area contributed by atoms with Crippen LogP contribution in [0.3, 0.4) is 0 Å². The smallest absolute Gasteiger partial charge is 0.269 e. The summed E-state index contributed by atoms with van der Waals surface area (Å²) in [5.41, 5.74) is 0.853. The fourth-order valence-electron chi connectivity index (χ4n) is 2.18. The van der Waals surface area contributed by atoms with Crippen LogP contribution in [0.15, 0.2) is 59.5 Å². The number of hydrogen-bond donors (Lipinski definition) is 2. The summed E-state index contributed by atoms with van der Waals surface area (Å²) in [7, 11) is 0. The van der Waals surface area contributed by atoms with Gasteiger partial charge in [-0.2, -0.15) is 5.10 Å². The molecule has 0 fully saturated rings. The van der Waals surface area contributed by atoms with Crippen LogP contribution in [0.2, 0.25) is 0 Å². The number of furan rings is 1. The number of aliphatic hydroxyl groups is 1. The third kappa shape index (κ3) is 3.72. The zero-order chi connectivity index (χ0) is 17.8. The molecule has 3 rings (SSSR count). The number of carbonyl (C=O) groups excluding carboxylic acids is 1. The van der Waals surface area contributed by atoms with Crippen molar-refractivity contribution >= 4 is 11.6 Å². The number of nitrogens with zero attached hydrogens (tertiary/aromatic N) is 3. The molecule has 1 amide bonds. The number of hydrogen-bond acceptors (Lipinski definition) is 6. The lowest BCUT2D eigenvalue weighted by Crippen LogP contribution is -2.27. The summed E-state index contributed by atoms with van der Waals surface area (Å²) in [5, 5.41) is 27.2. The van der Waals surface area contributed by atoms with Gasteiger partial charge in [-0.3, -0.25) is 14.9 Å². The molecule has 1 aromatic carbocycles. The lowest BCUT2D eigenvalue weighted by molar-refractivity contribution is -0.384. The van der Waals surface area contributed by atoms with E-state index in [0.29, 0.717) is 17.0 Å². The number of benzene rings is 1. The average Bonchev–Trinajstić information content (AvgIpc) is 3.31. The van der Waals surface area contributed by atoms with Gasteiger partial charge in [0.05, 0.1) is 35.2 Å². The molecule has 0 aliphatic heterocycles. The van der Waals surface area contributed by atoms with Crippen molar-refractivity contribution in [3.8, 4) is 5.69 Å². The van der Waals surface area contributed by atoms with E-state index in [4.69, 9.17) is 4.42 Å². The molecule has 0 bridgehead atoms. The normalized spacial score (nSPS) is 11.9. The molecule has 9 heteroatoms. The second-order valence-electron chi connectivity index (χ2n) is 5.19. The van der Waals surface area contributed by atoms with Crippen molar-refractivity contribution in [1.82, 2.24) is 15.1 Å². The molecule has 0 radical (unpaired) electrons. The van der Waals surface area contributed by atoms with Crippen LogP contribution in [-0.2, 0) is 0 Å². The Morgan fingerprint density at radius 3 is 2.76 bits per heavy atom. The molecule has 0 saturated carbocycles. The van der Waals surface area contributed by atoms with Crippen molar-refractivity contribution in [3.63, 3.8) is 0 Å². The highest BCUT2D eigenvalue weighted by molar-refractivity contribution is 5.93. The molecule has 1 atom stereocenters. The Labute approximate surface area is 141 Å². The molecule has 2 heterocycles. The number of nitrogens with one attached hydrogen (secondary N) is 1. The van der Waals surface area contributed by atoms with Gasteiger partial charge in [0, 0.05) is 18.3 Å². The van der Waals surface area contributed by atoms with Crippen molar-refractivity contribution in [2.24, 2.45) is 0 Å². The Hall–Kier alpha value is -3.46. The van der Waals surface area contributed by atoms with E-state index >= 15 is 0 Å². The van der Waals surface area contributed by atoms with Crippen LogP contribution in [0.1, 0.15) is 22.2 Å². The highest BCUT2D eigenvalue weighted by atomic mass is 16.6. The fraction of sp³-hybridized carbons (Fsp3) is 0.125. The quantitative estimate of drug-likeness (QED) is 0.520. The molecule has 2 N–H and O–H groups in total. The van der Waals surface area contributed by atoms with Gasteiger partial charge in [-0.15, -0.1) is 0 Å². The highest BCUT2D eigenvalue weighted by Crippen LogP contribution is 2.15. The number of aliphatic hydroxyl groups excluding tert-OH is 1. The fourth-order valence-corrected chi connectivity index (χ4v) is 2.18. The van der Waals surface area contributed by atoms with Crippen LogP contribution in [0.25, 0.3) is 5.69 Å². The lowest BCUT2D eigenvalue weighted by Gasteiger charge is -2.08. The van der Waals surface area contributed by atoms with Crippen molar-refractivity contribution in [1.29, 1.82) is 0 Å². The van der Waals surface area contributed by atoms with Crippen LogP contribution in [0.5, 0.6) is 0 Å². The van der Waals surface area contributed by atoms with Crippen molar-refractivity contribution in [2.45, 2.75) is 6.10 Å². The van der Waals surface area contributed by atoms with Crippen LogP contribution in [0, 0.1) is 10.1 Å². The Bertz CT molecular complexity index is 870. The first-order valence-electron chi connectivity index (χ1n) is 7.34. The third-order valence-corrected chi connectivity index (χ3v) is 3.50. The Kier molecular flexibility index (Phi) is 4.57. The van der Waals surface area contributed by atoms with E-state index in [1.165, 1.54) is 47.6 Å². The molecule has 9 nitrogen and oxygen atoms in total. The Morgan fingerprint density at radius 1 is 1.36 bits per heavy atom. The third-order valence-electron chi connectivity index (χ3n) is 3.50. The summed E-state index contributed by atoms with van der Waals surface area (Å²) in [6.45, 7) is -0.00490. The van der Waals surface area contributed by atoms with E-state index in [9.17, 15) is 20.0 Å². The number of nitro benzene ring substituents is 1. The summed E-state index contributed by atoms with van der Waals surface area (Å²) in [6.07, 6.45) is 3.36. The summed E-state index contributed by atoms with van der Waals surface area (Å²) >= 11 is 0.